The second-order valence-corrected chi connectivity index (χ2v) is 9.53. The molecule has 2 fully saturated rings. The van der Waals surface area contributed by atoms with E-state index in [2.05, 4.69) is 0 Å². The lowest BCUT2D eigenvalue weighted by Crippen LogP contribution is -2.56. The fourth-order valence-corrected chi connectivity index (χ4v) is 6.06. The summed E-state index contributed by atoms with van der Waals surface area (Å²) in [5.74, 6) is -2.91. The molecular formula is C25H27ClN2O6. The van der Waals surface area contributed by atoms with E-state index in [9.17, 15) is 19.5 Å². The first-order valence-electron chi connectivity index (χ1n) is 11.6. The number of carbonyl (C=O) groups is 3. The van der Waals surface area contributed by atoms with Crippen molar-refractivity contribution in [1.29, 1.82) is 0 Å². The molecule has 1 spiro atoms. The number of ether oxygens (including phenoxy) is 2. The van der Waals surface area contributed by atoms with Crippen molar-refractivity contribution in [3.63, 3.8) is 0 Å². The molecule has 0 saturated carbocycles. The first-order valence-corrected chi connectivity index (χ1v) is 12.0. The molecular weight excluding hydrogens is 460 g/mol. The zero-order valence-corrected chi connectivity index (χ0v) is 19.6. The summed E-state index contributed by atoms with van der Waals surface area (Å²) in [4.78, 5) is 44.2. The number of fused-ring (bicyclic) bond motifs is 2. The number of aliphatic hydroxyl groups is 1. The molecule has 5 rings (SSSR count). The van der Waals surface area contributed by atoms with Crippen molar-refractivity contribution in [3.8, 4) is 0 Å². The Hall–Kier alpha value is -2.68. The van der Waals surface area contributed by atoms with E-state index in [1.54, 1.807) is 41.3 Å². The highest BCUT2D eigenvalue weighted by Crippen LogP contribution is 2.58. The molecule has 1 unspecified atom stereocenters. The van der Waals surface area contributed by atoms with E-state index < -0.39 is 35.0 Å². The Balaban J connectivity index is 1.65. The van der Waals surface area contributed by atoms with Gasteiger partial charge in [-0.2, -0.15) is 0 Å². The third-order valence-electron chi connectivity index (χ3n) is 7.39. The van der Waals surface area contributed by atoms with Gasteiger partial charge in [0.05, 0.1) is 5.92 Å². The van der Waals surface area contributed by atoms with Gasteiger partial charge in [-0.15, -0.1) is 0 Å². The summed E-state index contributed by atoms with van der Waals surface area (Å²) >= 11 is 6.04. The molecule has 34 heavy (non-hydrogen) atoms. The van der Waals surface area contributed by atoms with Crippen LogP contribution in [0.5, 0.6) is 0 Å². The summed E-state index contributed by atoms with van der Waals surface area (Å²) in [6.45, 7) is 2.34. The summed E-state index contributed by atoms with van der Waals surface area (Å²) in [5.41, 5.74) is -1.73. The lowest BCUT2D eigenvalue weighted by Gasteiger charge is -2.38. The van der Waals surface area contributed by atoms with Crippen molar-refractivity contribution in [3.05, 3.63) is 53.6 Å². The third-order valence-corrected chi connectivity index (χ3v) is 7.64. The van der Waals surface area contributed by atoms with Gasteiger partial charge < -0.3 is 24.4 Å². The number of aliphatic hydroxyl groups excluding tert-OH is 1. The lowest BCUT2D eigenvalue weighted by atomic mass is 9.73. The Morgan fingerprint density at radius 1 is 1.09 bits per heavy atom. The van der Waals surface area contributed by atoms with Crippen molar-refractivity contribution >= 4 is 35.1 Å². The molecule has 1 aromatic carbocycles. The van der Waals surface area contributed by atoms with Gasteiger partial charge in [0, 0.05) is 30.4 Å². The highest BCUT2D eigenvalue weighted by atomic mass is 35.5. The number of hydrogen-bond donors (Lipinski definition) is 1. The van der Waals surface area contributed by atoms with Crippen LogP contribution in [0.2, 0.25) is 5.02 Å². The average Bonchev–Trinajstić information content (AvgIpc) is 3.10. The Labute approximate surface area is 202 Å². The summed E-state index contributed by atoms with van der Waals surface area (Å²) in [6.07, 6.45) is 7.92. The minimum Gasteiger partial charge on any atom is -0.461 e. The van der Waals surface area contributed by atoms with E-state index >= 15 is 0 Å². The van der Waals surface area contributed by atoms with E-state index in [4.69, 9.17) is 21.1 Å². The second kappa shape index (κ2) is 8.52. The van der Waals surface area contributed by atoms with Crippen LogP contribution in [-0.2, 0) is 23.9 Å². The fourth-order valence-electron chi connectivity index (χ4n) is 5.93. The molecule has 4 heterocycles. The molecule has 5 atom stereocenters. The molecule has 1 N–H and O–H groups in total. The topological polar surface area (TPSA) is 96.4 Å². The fraction of sp³-hybridized carbons (Fsp3) is 0.480. The molecule has 8 nitrogen and oxygen atoms in total. The van der Waals surface area contributed by atoms with Crippen LogP contribution >= 0.6 is 11.6 Å². The van der Waals surface area contributed by atoms with Gasteiger partial charge in [-0.05, 0) is 43.2 Å². The molecule has 0 aromatic heterocycles. The van der Waals surface area contributed by atoms with Crippen LogP contribution in [0.15, 0.2) is 48.6 Å². The molecule has 2 saturated heterocycles. The number of benzene rings is 1. The van der Waals surface area contributed by atoms with Crippen molar-refractivity contribution in [2.24, 2.45) is 11.8 Å². The molecule has 4 aliphatic heterocycles. The van der Waals surface area contributed by atoms with Crippen molar-refractivity contribution in [1.82, 2.24) is 4.90 Å². The average molecular weight is 487 g/mol. The number of likely N-dealkylation sites (tertiary alicyclic amines) is 1. The molecule has 0 aliphatic carbocycles. The van der Waals surface area contributed by atoms with Crippen molar-refractivity contribution in [2.45, 2.75) is 37.0 Å². The van der Waals surface area contributed by atoms with E-state index in [1.165, 1.54) is 4.90 Å². The number of halogens is 1. The largest absolute Gasteiger partial charge is 0.461 e. The first kappa shape index (κ1) is 23.1. The molecule has 2 amide bonds. The van der Waals surface area contributed by atoms with Gasteiger partial charge in [-0.1, -0.05) is 36.8 Å². The van der Waals surface area contributed by atoms with Crippen LogP contribution in [0, 0.1) is 11.8 Å². The molecule has 4 aliphatic rings. The van der Waals surface area contributed by atoms with Gasteiger partial charge in [0.15, 0.2) is 0 Å². The number of rotatable bonds is 5. The second-order valence-electron chi connectivity index (χ2n) is 9.09. The van der Waals surface area contributed by atoms with Crippen LogP contribution in [-0.4, -0.2) is 71.3 Å². The molecule has 0 radical (unpaired) electrons. The maximum absolute atomic E-state index is 14.1. The van der Waals surface area contributed by atoms with Crippen molar-refractivity contribution < 1.29 is 29.0 Å². The van der Waals surface area contributed by atoms with Gasteiger partial charge in [-0.25, -0.2) is 0 Å². The number of anilines is 1. The van der Waals surface area contributed by atoms with Crippen LogP contribution in [0.25, 0.3) is 0 Å². The molecule has 9 heteroatoms. The quantitative estimate of drug-likeness (QED) is 0.506. The predicted octanol–water partition coefficient (Wildman–Crippen LogP) is 2.10. The third kappa shape index (κ3) is 3.23. The van der Waals surface area contributed by atoms with E-state index in [0.29, 0.717) is 23.6 Å². The number of esters is 1. The summed E-state index contributed by atoms with van der Waals surface area (Å²) in [7, 11) is 0. The minimum absolute atomic E-state index is 0.116. The van der Waals surface area contributed by atoms with Gasteiger partial charge >= 0.3 is 5.97 Å². The van der Waals surface area contributed by atoms with Crippen LogP contribution in [0.1, 0.15) is 19.8 Å². The SMILES string of the molecule is CC[C@@]12C=CCOC(=O)[C@@H]1[C@H]1C(=O)N(CCCO)C3C(=O)N(c4ccc(Cl)cc4)CC=C[C@@]31O2. The zero-order valence-electron chi connectivity index (χ0n) is 18.9. The van der Waals surface area contributed by atoms with E-state index in [0.717, 1.165) is 0 Å². The molecule has 180 valence electrons. The van der Waals surface area contributed by atoms with E-state index in [-0.39, 0.29) is 38.1 Å². The van der Waals surface area contributed by atoms with Gasteiger partial charge in [0.2, 0.25) is 5.91 Å². The van der Waals surface area contributed by atoms with Crippen LogP contribution < -0.4 is 4.90 Å². The number of cyclic esters (lactones) is 1. The van der Waals surface area contributed by atoms with Crippen LogP contribution in [0.4, 0.5) is 5.69 Å². The van der Waals surface area contributed by atoms with Crippen LogP contribution in [0.3, 0.4) is 0 Å². The number of carbonyl (C=O) groups excluding carboxylic acids is 3. The normalized spacial score (nSPS) is 34.4. The van der Waals surface area contributed by atoms with Gasteiger partial charge in [0.25, 0.3) is 5.91 Å². The smallest absolute Gasteiger partial charge is 0.313 e. The monoisotopic (exact) mass is 486 g/mol. The van der Waals surface area contributed by atoms with Gasteiger partial charge in [-0.3, -0.25) is 14.4 Å². The Morgan fingerprint density at radius 2 is 1.85 bits per heavy atom. The van der Waals surface area contributed by atoms with Crippen molar-refractivity contribution in [2.75, 3.05) is 31.2 Å². The standard InChI is InChI=1S/C25H27ClN2O6/c1-2-24-10-4-15-33-23(32)19(24)18-21(30)28(13-5-14-29)20-22(31)27(12-3-11-25(18,20)34-24)17-8-6-16(26)7-9-17/h3-4,6-11,18-20,29H,2,5,12-15H2,1H3/t18-,19-,20?,24+,25-/m0/s1. The Morgan fingerprint density at radius 3 is 2.56 bits per heavy atom. The molecule has 1 aromatic rings. The number of nitrogens with zero attached hydrogens (tertiary/aromatic N) is 2. The summed E-state index contributed by atoms with van der Waals surface area (Å²) in [5, 5.41) is 10.0. The highest BCUT2D eigenvalue weighted by molar-refractivity contribution is 6.30. The minimum atomic E-state index is -1.33. The molecule has 0 bridgehead atoms. The zero-order chi connectivity index (χ0) is 24.1. The van der Waals surface area contributed by atoms with E-state index in [1.807, 2.05) is 19.1 Å². The number of hydrogen-bond acceptors (Lipinski definition) is 6. The van der Waals surface area contributed by atoms with Gasteiger partial charge in [0.1, 0.15) is 29.8 Å². The Bertz CT molecular complexity index is 1070. The summed E-state index contributed by atoms with van der Waals surface area (Å²) < 4.78 is 12.1. The maximum atomic E-state index is 14.1. The Kier molecular flexibility index (Phi) is 5.78. The summed E-state index contributed by atoms with van der Waals surface area (Å²) in [6, 6.07) is 5.94. The maximum Gasteiger partial charge on any atom is 0.313 e. The lowest BCUT2D eigenvalue weighted by molar-refractivity contribution is -0.157. The highest BCUT2D eigenvalue weighted by Gasteiger charge is 2.75. The predicted molar refractivity (Wildman–Crippen MR) is 124 cm³/mol. The number of amides is 2. The first-order chi connectivity index (χ1) is 16.4.